The van der Waals surface area contributed by atoms with E-state index in [-0.39, 0.29) is 24.9 Å². The highest BCUT2D eigenvalue weighted by atomic mass is 32.1. The van der Waals surface area contributed by atoms with Crippen molar-refractivity contribution in [1.82, 2.24) is 4.57 Å². The number of carbonyl (C=O) groups excluding carboxylic acids is 1. The van der Waals surface area contributed by atoms with Crippen LogP contribution in [0.3, 0.4) is 0 Å². The summed E-state index contributed by atoms with van der Waals surface area (Å²) >= 11 is 1.28. The molecule has 1 aromatic heterocycles. The van der Waals surface area contributed by atoms with Gasteiger partial charge in [0.1, 0.15) is 18.4 Å². The minimum Gasteiger partial charge on any atom is -0.491 e. The van der Waals surface area contributed by atoms with Crippen molar-refractivity contribution in [2.24, 2.45) is 4.99 Å². The number of aromatic nitrogens is 1. The molecule has 1 aliphatic rings. The molecule has 192 valence electrons. The summed E-state index contributed by atoms with van der Waals surface area (Å²) in [5.41, 5.74) is 2.28. The molecule has 4 rings (SSSR count). The minimum atomic E-state index is -0.749. The zero-order valence-electron chi connectivity index (χ0n) is 21.3. The van der Waals surface area contributed by atoms with E-state index in [9.17, 15) is 9.59 Å². The number of nitrogens with zero attached hydrogens (tertiary/aromatic N) is 2. The molecule has 3 aromatic rings. The lowest BCUT2D eigenvalue weighted by Gasteiger charge is -2.27. The van der Waals surface area contributed by atoms with E-state index < -0.39 is 12.0 Å². The highest BCUT2D eigenvalue weighted by Gasteiger charge is 2.35. The first-order valence-corrected chi connectivity index (χ1v) is 12.9. The van der Waals surface area contributed by atoms with Crippen molar-refractivity contribution in [2.75, 3.05) is 20.3 Å². The Morgan fingerprint density at radius 1 is 1.11 bits per heavy atom. The van der Waals surface area contributed by atoms with Crippen LogP contribution in [0.25, 0.3) is 12.2 Å². The van der Waals surface area contributed by atoms with E-state index >= 15 is 0 Å². The Morgan fingerprint density at radius 2 is 1.84 bits per heavy atom. The molecule has 0 aliphatic carbocycles. The lowest BCUT2D eigenvalue weighted by molar-refractivity contribution is -0.140. The van der Waals surface area contributed by atoms with Crippen molar-refractivity contribution in [1.29, 1.82) is 0 Å². The SMILES string of the molecule is COCCOC(=O)C1=C(C)N=c2s/c(=C/C=C/c3ccccc3)c(=O)n2[C@@H]1c1ccccc1OC(C)C. The zero-order valence-corrected chi connectivity index (χ0v) is 22.2. The molecular weight excluding hydrogens is 488 g/mol. The van der Waals surface area contributed by atoms with Gasteiger partial charge in [-0.25, -0.2) is 9.79 Å². The Kier molecular flexibility index (Phi) is 8.53. The van der Waals surface area contributed by atoms with Crippen LogP contribution in [0.4, 0.5) is 0 Å². The Labute approximate surface area is 219 Å². The predicted molar refractivity (Wildman–Crippen MR) is 145 cm³/mol. The second-order valence-electron chi connectivity index (χ2n) is 8.71. The summed E-state index contributed by atoms with van der Waals surface area (Å²) in [7, 11) is 1.54. The molecule has 1 aliphatic heterocycles. The summed E-state index contributed by atoms with van der Waals surface area (Å²) in [6.45, 7) is 5.99. The third-order valence-electron chi connectivity index (χ3n) is 5.67. The van der Waals surface area contributed by atoms with Crippen LogP contribution in [0, 0.1) is 0 Å². The highest BCUT2D eigenvalue weighted by molar-refractivity contribution is 7.07. The van der Waals surface area contributed by atoms with E-state index in [1.54, 1.807) is 17.6 Å². The summed E-state index contributed by atoms with van der Waals surface area (Å²) in [6, 6.07) is 16.5. The van der Waals surface area contributed by atoms with E-state index in [0.29, 0.717) is 31.9 Å². The number of esters is 1. The van der Waals surface area contributed by atoms with Crippen LogP contribution < -0.4 is 19.6 Å². The summed E-state index contributed by atoms with van der Waals surface area (Å²) < 4.78 is 18.7. The van der Waals surface area contributed by atoms with Crippen LogP contribution in [0.15, 0.2) is 81.7 Å². The molecule has 1 atom stereocenters. The Morgan fingerprint density at radius 3 is 2.57 bits per heavy atom. The van der Waals surface area contributed by atoms with Crippen LogP contribution in [-0.2, 0) is 14.3 Å². The van der Waals surface area contributed by atoms with Crippen molar-refractivity contribution in [3.05, 3.63) is 103 Å². The first-order valence-electron chi connectivity index (χ1n) is 12.1. The molecule has 0 bridgehead atoms. The predicted octanol–water partition coefficient (Wildman–Crippen LogP) is 3.88. The van der Waals surface area contributed by atoms with Gasteiger partial charge in [0.2, 0.25) is 0 Å². The molecule has 0 unspecified atom stereocenters. The van der Waals surface area contributed by atoms with Gasteiger partial charge in [0.05, 0.1) is 28.5 Å². The number of fused-ring (bicyclic) bond motifs is 1. The van der Waals surface area contributed by atoms with Gasteiger partial charge in [0.15, 0.2) is 4.80 Å². The van der Waals surface area contributed by atoms with Crippen LogP contribution in [0.5, 0.6) is 5.75 Å². The molecule has 7 nitrogen and oxygen atoms in total. The number of para-hydroxylation sites is 1. The fourth-order valence-electron chi connectivity index (χ4n) is 4.06. The molecule has 2 aromatic carbocycles. The molecule has 2 heterocycles. The molecule has 0 N–H and O–H groups in total. The third kappa shape index (κ3) is 5.98. The van der Waals surface area contributed by atoms with Gasteiger partial charge in [-0.15, -0.1) is 0 Å². The molecule has 0 radical (unpaired) electrons. The molecule has 0 saturated carbocycles. The molecule has 0 amide bonds. The number of allylic oxidation sites excluding steroid dienone is 2. The smallest absolute Gasteiger partial charge is 0.338 e. The average Bonchev–Trinajstić information content (AvgIpc) is 3.18. The number of ether oxygens (including phenoxy) is 3. The van der Waals surface area contributed by atoms with Gasteiger partial charge in [0.25, 0.3) is 5.56 Å². The maximum Gasteiger partial charge on any atom is 0.338 e. The van der Waals surface area contributed by atoms with E-state index in [0.717, 1.165) is 5.56 Å². The monoisotopic (exact) mass is 518 g/mol. The van der Waals surface area contributed by atoms with Crippen molar-refractivity contribution in [3.8, 4) is 5.75 Å². The maximum atomic E-state index is 13.7. The average molecular weight is 519 g/mol. The Hall–Kier alpha value is -3.75. The van der Waals surface area contributed by atoms with Crippen LogP contribution in [0.1, 0.15) is 37.9 Å². The Balaban J connectivity index is 1.86. The summed E-state index contributed by atoms with van der Waals surface area (Å²) in [5.74, 6) is 0.0545. The fraction of sp³-hybridized carbons (Fsp3) is 0.276. The van der Waals surface area contributed by atoms with Gasteiger partial charge < -0.3 is 14.2 Å². The summed E-state index contributed by atoms with van der Waals surface area (Å²) in [6.07, 6.45) is 5.47. The van der Waals surface area contributed by atoms with Crippen molar-refractivity contribution in [2.45, 2.75) is 32.9 Å². The van der Waals surface area contributed by atoms with Gasteiger partial charge in [-0.1, -0.05) is 72.0 Å². The van der Waals surface area contributed by atoms with Crippen molar-refractivity contribution in [3.63, 3.8) is 0 Å². The van der Waals surface area contributed by atoms with Crippen LogP contribution >= 0.6 is 11.3 Å². The number of thiazole rings is 1. The molecule has 0 fully saturated rings. The van der Waals surface area contributed by atoms with Crippen molar-refractivity contribution >= 4 is 29.5 Å². The fourth-order valence-corrected chi connectivity index (χ4v) is 5.06. The van der Waals surface area contributed by atoms with Gasteiger partial charge in [-0.05, 0) is 38.5 Å². The van der Waals surface area contributed by atoms with Crippen LogP contribution in [-0.4, -0.2) is 37.0 Å². The van der Waals surface area contributed by atoms with Gasteiger partial charge >= 0.3 is 5.97 Å². The molecule has 37 heavy (non-hydrogen) atoms. The normalized spacial score (nSPS) is 15.7. The zero-order chi connectivity index (χ0) is 26.4. The summed E-state index contributed by atoms with van der Waals surface area (Å²) in [5, 5.41) is 0. The van der Waals surface area contributed by atoms with E-state index in [4.69, 9.17) is 14.2 Å². The molecular formula is C29H30N2O5S. The largest absolute Gasteiger partial charge is 0.491 e. The first-order chi connectivity index (χ1) is 17.9. The lowest BCUT2D eigenvalue weighted by Crippen LogP contribution is -2.40. The number of hydrogen-bond acceptors (Lipinski definition) is 7. The number of methoxy groups -OCH3 is 1. The molecule has 0 spiro atoms. The number of carbonyl (C=O) groups is 1. The molecule has 0 saturated heterocycles. The summed E-state index contributed by atoms with van der Waals surface area (Å²) in [4.78, 5) is 32.2. The number of benzene rings is 2. The lowest BCUT2D eigenvalue weighted by atomic mass is 9.95. The van der Waals surface area contributed by atoms with Gasteiger partial charge in [-0.2, -0.15) is 0 Å². The van der Waals surface area contributed by atoms with Crippen LogP contribution in [0.2, 0.25) is 0 Å². The van der Waals surface area contributed by atoms with E-state index in [2.05, 4.69) is 4.99 Å². The van der Waals surface area contributed by atoms with E-state index in [1.165, 1.54) is 18.4 Å². The number of hydrogen-bond donors (Lipinski definition) is 0. The quantitative estimate of drug-likeness (QED) is 0.317. The van der Waals surface area contributed by atoms with Crippen molar-refractivity contribution < 1.29 is 19.0 Å². The first kappa shape index (κ1) is 26.3. The minimum absolute atomic E-state index is 0.0949. The molecule has 8 heteroatoms. The number of rotatable bonds is 9. The van der Waals surface area contributed by atoms with E-state index in [1.807, 2.05) is 80.6 Å². The Bertz CT molecular complexity index is 1500. The maximum absolute atomic E-state index is 13.7. The second-order valence-corrected chi connectivity index (χ2v) is 9.72. The highest BCUT2D eigenvalue weighted by Crippen LogP contribution is 2.36. The standard InChI is InChI=1S/C29H30N2O5S/c1-19(2)36-23-15-9-8-14-22(23)26-25(28(33)35-18-17-34-4)20(3)30-29-31(26)27(32)24(37-29)16-10-13-21-11-6-5-7-12-21/h5-16,19,26H,17-18H2,1-4H3/b13-10+,24-16+/t26-/m1/s1. The topological polar surface area (TPSA) is 79.1 Å². The van der Waals surface area contributed by atoms with Gasteiger partial charge in [-0.3, -0.25) is 9.36 Å². The van der Waals surface area contributed by atoms with Gasteiger partial charge in [0, 0.05) is 12.7 Å². The second kappa shape index (κ2) is 12.0. The third-order valence-corrected chi connectivity index (χ3v) is 6.68.